The van der Waals surface area contributed by atoms with Crippen molar-refractivity contribution < 1.29 is 14.3 Å². The first kappa shape index (κ1) is 10.9. The van der Waals surface area contributed by atoms with Crippen molar-refractivity contribution in [1.29, 1.82) is 0 Å². The third kappa shape index (κ3) is 2.50. The van der Waals surface area contributed by atoms with E-state index in [-0.39, 0.29) is 17.2 Å². The summed E-state index contributed by atoms with van der Waals surface area (Å²) in [5.41, 5.74) is 0.288. The molecule has 2 radical (unpaired) electrons. The monoisotopic (exact) mass is 218 g/mol. The van der Waals surface area contributed by atoms with Gasteiger partial charge in [0, 0.05) is 5.59 Å². The van der Waals surface area contributed by atoms with Crippen LogP contribution in [-0.4, -0.2) is 37.5 Å². The van der Waals surface area contributed by atoms with Crippen molar-refractivity contribution in [3.8, 4) is 5.88 Å². The molecule has 1 fully saturated rings. The Hall–Kier alpha value is -1.59. The van der Waals surface area contributed by atoms with Gasteiger partial charge in [0.25, 0.3) is 0 Å². The van der Waals surface area contributed by atoms with Crippen molar-refractivity contribution in [3.63, 3.8) is 0 Å². The summed E-state index contributed by atoms with van der Waals surface area (Å²) in [4.78, 5) is 19.0. The minimum Gasteiger partial charge on any atom is -0.477 e. The Morgan fingerprint density at radius 1 is 1.62 bits per heavy atom. The second kappa shape index (κ2) is 4.51. The van der Waals surface area contributed by atoms with E-state index in [4.69, 9.17) is 12.6 Å². The molecule has 0 saturated heterocycles. The van der Waals surface area contributed by atoms with Gasteiger partial charge in [-0.3, -0.25) is 4.98 Å². The average molecular weight is 218 g/mol. The lowest BCUT2D eigenvalue weighted by atomic mass is 10.1. The van der Waals surface area contributed by atoms with Crippen molar-refractivity contribution >= 4 is 19.4 Å². The summed E-state index contributed by atoms with van der Waals surface area (Å²) < 4.78 is 9.92. The summed E-state index contributed by atoms with van der Waals surface area (Å²) >= 11 is 0. The van der Waals surface area contributed by atoms with Crippen molar-refractivity contribution in [3.05, 3.63) is 11.9 Å². The fraction of sp³-hybridized carbons (Fsp3) is 0.500. The van der Waals surface area contributed by atoms with Crippen LogP contribution in [0.3, 0.4) is 0 Å². The zero-order valence-corrected chi connectivity index (χ0v) is 8.97. The average Bonchev–Trinajstić information content (AvgIpc) is 3.11. The van der Waals surface area contributed by atoms with E-state index < -0.39 is 5.97 Å². The molecule has 1 aromatic rings. The number of rotatable bonds is 4. The molecule has 1 heterocycles. The Bertz CT molecular complexity index is 407. The number of carbonyl (C=O) groups excluding carboxylic acids is 1. The van der Waals surface area contributed by atoms with Gasteiger partial charge in [-0.1, -0.05) is 0 Å². The third-order valence-corrected chi connectivity index (χ3v) is 2.31. The van der Waals surface area contributed by atoms with Gasteiger partial charge < -0.3 is 9.47 Å². The van der Waals surface area contributed by atoms with E-state index in [0.29, 0.717) is 12.5 Å². The summed E-state index contributed by atoms with van der Waals surface area (Å²) in [6.07, 6.45) is 3.61. The zero-order valence-electron chi connectivity index (χ0n) is 8.97. The van der Waals surface area contributed by atoms with Gasteiger partial charge in [0.15, 0.2) is 5.69 Å². The molecule has 0 amide bonds. The van der Waals surface area contributed by atoms with Crippen LogP contribution in [-0.2, 0) is 4.74 Å². The van der Waals surface area contributed by atoms with E-state index in [0.717, 1.165) is 0 Å². The van der Waals surface area contributed by atoms with Crippen LogP contribution < -0.4 is 10.3 Å². The number of hydrogen-bond donors (Lipinski definition) is 0. The second-order valence-electron chi connectivity index (χ2n) is 3.69. The summed E-state index contributed by atoms with van der Waals surface area (Å²) in [7, 11) is 6.87. The molecule has 82 valence electrons. The molecule has 1 aromatic heterocycles. The molecular formula is C10H11BN2O3. The maximum absolute atomic E-state index is 11.2. The second-order valence-corrected chi connectivity index (χ2v) is 3.69. The highest BCUT2D eigenvalue weighted by atomic mass is 16.5. The number of hydrogen-bond acceptors (Lipinski definition) is 5. The molecule has 2 rings (SSSR count). The Kier molecular flexibility index (Phi) is 3.08. The molecule has 16 heavy (non-hydrogen) atoms. The van der Waals surface area contributed by atoms with Gasteiger partial charge in [-0.2, -0.15) is 0 Å². The standard InChI is InChI=1S/C10H11BN2O3/c1-15-10(14)7-4-12-8(11)9(13-7)16-5-6-2-3-6/h4,6H,2-3,5H2,1H3. The molecule has 1 aliphatic carbocycles. The van der Waals surface area contributed by atoms with Gasteiger partial charge in [0.05, 0.1) is 19.9 Å². The highest BCUT2D eigenvalue weighted by Crippen LogP contribution is 2.28. The fourth-order valence-electron chi connectivity index (χ4n) is 1.17. The first-order chi connectivity index (χ1) is 7.70. The predicted molar refractivity (Wildman–Crippen MR) is 57.0 cm³/mol. The molecule has 0 bridgehead atoms. The smallest absolute Gasteiger partial charge is 0.358 e. The molecule has 0 aromatic carbocycles. The van der Waals surface area contributed by atoms with Gasteiger partial charge in [-0.25, -0.2) is 9.78 Å². The molecule has 0 spiro atoms. The van der Waals surface area contributed by atoms with Crippen LogP contribution in [0.1, 0.15) is 23.3 Å². The Morgan fingerprint density at radius 3 is 3.00 bits per heavy atom. The fourth-order valence-corrected chi connectivity index (χ4v) is 1.17. The van der Waals surface area contributed by atoms with Crippen molar-refractivity contribution in [2.45, 2.75) is 12.8 Å². The van der Waals surface area contributed by atoms with Gasteiger partial charge in [-0.15, -0.1) is 0 Å². The number of methoxy groups -OCH3 is 1. The summed E-state index contributed by atoms with van der Waals surface area (Å²) in [6, 6.07) is 0. The van der Waals surface area contributed by atoms with Gasteiger partial charge in [-0.05, 0) is 18.8 Å². The lowest BCUT2D eigenvalue weighted by Gasteiger charge is -2.07. The predicted octanol–water partition coefficient (Wildman–Crippen LogP) is -0.154. The topological polar surface area (TPSA) is 61.3 Å². The molecule has 5 nitrogen and oxygen atoms in total. The van der Waals surface area contributed by atoms with E-state index >= 15 is 0 Å². The maximum atomic E-state index is 11.2. The van der Waals surface area contributed by atoms with Crippen LogP contribution in [0, 0.1) is 5.92 Å². The molecule has 0 unspecified atom stereocenters. The molecule has 0 aliphatic heterocycles. The quantitative estimate of drug-likeness (QED) is 0.519. The van der Waals surface area contributed by atoms with E-state index in [9.17, 15) is 4.79 Å². The van der Waals surface area contributed by atoms with Crippen molar-refractivity contribution in [2.75, 3.05) is 13.7 Å². The third-order valence-electron chi connectivity index (χ3n) is 2.31. The zero-order chi connectivity index (χ0) is 11.5. The van der Waals surface area contributed by atoms with Crippen molar-refractivity contribution in [1.82, 2.24) is 9.97 Å². The van der Waals surface area contributed by atoms with E-state index in [2.05, 4.69) is 14.7 Å². The first-order valence-electron chi connectivity index (χ1n) is 5.04. The summed E-state index contributed by atoms with van der Waals surface area (Å²) in [6.45, 7) is 0.573. The molecule has 1 saturated carbocycles. The molecule has 0 atom stereocenters. The Morgan fingerprint density at radius 2 is 2.38 bits per heavy atom. The molecule has 6 heteroatoms. The van der Waals surface area contributed by atoms with E-state index in [1.807, 2.05) is 0 Å². The molecule has 0 N–H and O–H groups in total. The summed E-state index contributed by atoms with van der Waals surface area (Å²) in [5, 5.41) is 0. The number of nitrogens with zero attached hydrogens (tertiary/aromatic N) is 2. The first-order valence-corrected chi connectivity index (χ1v) is 5.04. The van der Waals surface area contributed by atoms with Gasteiger partial charge in [0.1, 0.15) is 7.85 Å². The van der Waals surface area contributed by atoms with Crippen LogP contribution in [0.4, 0.5) is 0 Å². The largest absolute Gasteiger partial charge is 0.477 e. The lowest BCUT2D eigenvalue weighted by molar-refractivity contribution is 0.0592. The molecular weight excluding hydrogens is 207 g/mol. The minimum atomic E-state index is -0.552. The van der Waals surface area contributed by atoms with E-state index in [1.165, 1.54) is 26.1 Å². The van der Waals surface area contributed by atoms with Crippen molar-refractivity contribution in [2.24, 2.45) is 5.92 Å². The highest BCUT2D eigenvalue weighted by Gasteiger charge is 2.22. The Labute approximate surface area is 94.6 Å². The SMILES string of the molecule is [B]c1ncc(C(=O)OC)nc1OCC1CC1. The normalized spacial score (nSPS) is 14.6. The minimum absolute atomic E-state index is 0.0995. The lowest BCUT2D eigenvalue weighted by Crippen LogP contribution is -2.19. The summed E-state index contributed by atoms with van der Waals surface area (Å²) in [5.74, 6) is 0.238. The van der Waals surface area contributed by atoms with E-state index in [1.54, 1.807) is 0 Å². The van der Waals surface area contributed by atoms with Crippen LogP contribution in [0.2, 0.25) is 0 Å². The number of ether oxygens (including phenoxy) is 2. The van der Waals surface area contributed by atoms with Gasteiger partial charge >= 0.3 is 5.97 Å². The van der Waals surface area contributed by atoms with Crippen LogP contribution in [0.5, 0.6) is 5.88 Å². The van der Waals surface area contributed by atoms with Crippen LogP contribution in [0.15, 0.2) is 6.20 Å². The number of carbonyl (C=O) groups is 1. The molecule has 1 aliphatic rings. The van der Waals surface area contributed by atoms with Crippen LogP contribution in [0.25, 0.3) is 0 Å². The van der Waals surface area contributed by atoms with Gasteiger partial charge in [0.2, 0.25) is 5.88 Å². The highest BCUT2D eigenvalue weighted by molar-refractivity contribution is 6.32. The number of aromatic nitrogens is 2. The van der Waals surface area contributed by atoms with Crippen LogP contribution >= 0.6 is 0 Å². The Balaban J connectivity index is 2.11. The number of esters is 1. The maximum Gasteiger partial charge on any atom is 0.358 e.